The summed E-state index contributed by atoms with van der Waals surface area (Å²) >= 11 is 0. The van der Waals surface area contributed by atoms with Crippen LogP contribution in [0.2, 0.25) is 0 Å². The van der Waals surface area contributed by atoms with Crippen LogP contribution in [-0.2, 0) is 0 Å². The lowest BCUT2D eigenvalue weighted by molar-refractivity contribution is 0.0915. The molecule has 3 aromatic rings. The zero-order valence-electron chi connectivity index (χ0n) is 15.7. The summed E-state index contributed by atoms with van der Waals surface area (Å²) in [6, 6.07) is 28.8. The first-order valence-corrected chi connectivity index (χ1v) is 9.99. The zero-order chi connectivity index (χ0) is 18.9. The number of benzene rings is 3. The number of allylic oxidation sites excluding steroid dienone is 1. The fraction of sp³-hybridized carbons (Fsp3) is 0.192. The molecule has 0 amide bonds. The predicted molar refractivity (Wildman–Crippen MR) is 114 cm³/mol. The van der Waals surface area contributed by atoms with Gasteiger partial charge >= 0.3 is 0 Å². The number of fused-ring (bicyclic) bond motifs is 3. The summed E-state index contributed by atoms with van der Waals surface area (Å²) in [7, 11) is 0. The molecule has 1 fully saturated rings. The van der Waals surface area contributed by atoms with Crippen LogP contribution in [0.1, 0.15) is 33.8 Å². The van der Waals surface area contributed by atoms with Gasteiger partial charge in [0.1, 0.15) is 0 Å². The van der Waals surface area contributed by atoms with Crippen LogP contribution in [0.5, 0.6) is 0 Å². The van der Waals surface area contributed by atoms with Crippen LogP contribution in [0.3, 0.4) is 0 Å². The second-order valence-corrected chi connectivity index (χ2v) is 7.79. The smallest absolute Gasteiger partial charge is 0.168 e. The number of Topliss-reactive ketones (excluding diaryl/α,β-unsaturated/α-hetero) is 1. The summed E-state index contributed by atoms with van der Waals surface area (Å²) in [6.07, 6.45) is 5.40. The molecule has 2 heteroatoms. The maximum Gasteiger partial charge on any atom is 0.168 e. The van der Waals surface area contributed by atoms with E-state index in [2.05, 4.69) is 66.0 Å². The lowest BCUT2D eigenvalue weighted by Gasteiger charge is -2.19. The summed E-state index contributed by atoms with van der Waals surface area (Å²) < 4.78 is 0. The highest BCUT2D eigenvalue weighted by Crippen LogP contribution is 2.52. The van der Waals surface area contributed by atoms with E-state index in [-0.39, 0.29) is 17.7 Å². The van der Waals surface area contributed by atoms with Crippen molar-refractivity contribution in [3.05, 3.63) is 108 Å². The maximum atomic E-state index is 13.3. The van der Waals surface area contributed by atoms with Crippen molar-refractivity contribution >= 4 is 17.5 Å². The molecule has 4 atom stereocenters. The van der Waals surface area contributed by atoms with E-state index in [9.17, 15) is 4.79 Å². The van der Waals surface area contributed by atoms with Crippen molar-refractivity contribution < 1.29 is 4.79 Å². The van der Waals surface area contributed by atoms with Crippen LogP contribution < -0.4 is 5.32 Å². The SMILES string of the molecule is O=C(c1ccccc1)[C@H]1C[C@@H](/C=C/c2ccccc2)[C@H]2c3ccccc3N[C@H]21. The van der Waals surface area contributed by atoms with Gasteiger partial charge in [0.15, 0.2) is 5.78 Å². The number of carbonyl (C=O) groups excluding carboxylic acids is 1. The van der Waals surface area contributed by atoms with Crippen molar-refractivity contribution in [2.75, 3.05) is 5.32 Å². The summed E-state index contributed by atoms with van der Waals surface area (Å²) in [5, 5.41) is 3.67. The van der Waals surface area contributed by atoms with Crippen LogP contribution in [-0.4, -0.2) is 11.8 Å². The van der Waals surface area contributed by atoms with Crippen molar-refractivity contribution in [1.82, 2.24) is 0 Å². The fourth-order valence-electron chi connectivity index (χ4n) is 4.90. The normalized spacial score (nSPS) is 25.3. The van der Waals surface area contributed by atoms with Crippen molar-refractivity contribution in [2.24, 2.45) is 11.8 Å². The van der Waals surface area contributed by atoms with Crippen LogP contribution in [0.4, 0.5) is 5.69 Å². The molecule has 1 saturated carbocycles. The number of para-hydroxylation sites is 1. The number of anilines is 1. The number of hydrogen-bond acceptors (Lipinski definition) is 2. The topological polar surface area (TPSA) is 29.1 Å². The zero-order valence-corrected chi connectivity index (χ0v) is 15.7. The second kappa shape index (κ2) is 7.12. The number of ketones is 1. The molecule has 0 bridgehead atoms. The van der Waals surface area contributed by atoms with Gasteiger partial charge in [-0.25, -0.2) is 0 Å². The van der Waals surface area contributed by atoms with E-state index >= 15 is 0 Å². The molecule has 5 rings (SSSR count). The van der Waals surface area contributed by atoms with E-state index in [0.29, 0.717) is 11.8 Å². The first-order chi connectivity index (χ1) is 13.8. The number of nitrogens with one attached hydrogen (secondary N) is 1. The summed E-state index contributed by atoms with van der Waals surface area (Å²) in [5.41, 5.74) is 4.55. The molecule has 1 aliphatic heterocycles. The third-order valence-electron chi connectivity index (χ3n) is 6.18. The van der Waals surface area contributed by atoms with Gasteiger partial charge in [-0.1, -0.05) is 91.0 Å². The lowest BCUT2D eigenvalue weighted by Crippen LogP contribution is -2.30. The van der Waals surface area contributed by atoms with Crippen molar-refractivity contribution in [3.8, 4) is 0 Å². The minimum absolute atomic E-state index is 0.00905. The van der Waals surface area contributed by atoms with Crippen molar-refractivity contribution in [1.29, 1.82) is 0 Å². The predicted octanol–water partition coefficient (Wildman–Crippen LogP) is 5.80. The van der Waals surface area contributed by atoms with E-state index in [4.69, 9.17) is 0 Å². The average molecular weight is 365 g/mol. The van der Waals surface area contributed by atoms with Crippen LogP contribution in [0, 0.1) is 11.8 Å². The Balaban J connectivity index is 1.49. The maximum absolute atomic E-state index is 13.3. The minimum atomic E-state index is -0.00905. The third kappa shape index (κ3) is 2.95. The van der Waals surface area contributed by atoms with Crippen LogP contribution >= 0.6 is 0 Å². The lowest BCUT2D eigenvalue weighted by atomic mass is 9.87. The van der Waals surface area contributed by atoms with Crippen molar-refractivity contribution in [2.45, 2.75) is 18.4 Å². The Morgan fingerprint density at radius 3 is 2.32 bits per heavy atom. The monoisotopic (exact) mass is 365 g/mol. The third-order valence-corrected chi connectivity index (χ3v) is 6.18. The second-order valence-electron chi connectivity index (χ2n) is 7.79. The molecule has 3 aromatic carbocycles. The standard InChI is InChI=1S/C26H23NO/c28-26(19-11-5-2-6-12-19)22-17-20(16-15-18-9-3-1-4-10-18)24-21-13-7-8-14-23(21)27-25(22)24/h1-16,20,22,24-25,27H,17H2/b16-15+/t20-,22+,24+,25+/m1/s1. The van der Waals surface area contributed by atoms with Gasteiger partial charge in [0.25, 0.3) is 0 Å². The van der Waals surface area contributed by atoms with E-state index in [1.54, 1.807) is 0 Å². The highest BCUT2D eigenvalue weighted by atomic mass is 16.1. The highest BCUT2D eigenvalue weighted by molar-refractivity contribution is 5.99. The van der Waals surface area contributed by atoms with E-state index in [1.165, 1.54) is 16.8 Å². The highest BCUT2D eigenvalue weighted by Gasteiger charge is 2.49. The molecule has 0 aromatic heterocycles. The van der Waals surface area contributed by atoms with Gasteiger partial charge in [-0.05, 0) is 29.5 Å². The number of rotatable bonds is 4. The largest absolute Gasteiger partial charge is 0.381 e. The number of carbonyl (C=O) groups is 1. The van der Waals surface area contributed by atoms with Gasteiger partial charge in [-0.2, -0.15) is 0 Å². The average Bonchev–Trinajstić information content (AvgIpc) is 3.30. The summed E-state index contributed by atoms with van der Waals surface area (Å²) in [6.45, 7) is 0. The number of hydrogen-bond donors (Lipinski definition) is 1. The molecule has 1 aliphatic carbocycles. The molecule has 1 heterocycles. The molecule has 0 unspecified atom stereocenters. The molecule has 0 radical (unpaired) electrons. The molecule has 0 spiro atoms. The minimum Gasteiger partial charge on any atom is -0.381 e. The summed E-state index contributed by atoms with van der Waals surface area (Å²) in [4.78, 5) is 13.3. The molecule has 2 aliphatic rings. The van der Waals surface area contributed by atoms with E-state index in [0.717, 1.165) is 12.0 Å². The molecular formula is C26H23NO. The Morgan fingerprint density at radius 1 is 0.857 bits per heavy atom. The Labute approximate surface area is 165 Å². The quantitative estimate of drug-likeness (QED) is 0.592. The Hall–Kier alpha value is -3.13. The molecule has 138 valence electrons. The molecular weight excluding hydrogens is 342 g/mol. The van der Waals surface area contributed by atoms with Crippen LogP contribution in [0.15, 0.2) is 91.0 Å². The Kier molecular flexibility index (Phi) is 4.32. The van der Waals surface area contributed by atoms with Gasteiger partial charge in [-0.3, -0.25) is 4.79 Å². The Morgan fingerprint density at radius 2 is 1.54 bits per heavy atom. The van der Waals surface area contributed by atoms with Gasteiger partial charge < -0.3 is 5.32 Å². The van der Waals surface area contributed by atoms with Crippen molar-refractivity contribution in [3.63, 3.8) is 0 Å². The van der Waals surface area contributed by atoms with E-state index < -0.39 is 0 Å². The first kappa shape index (κ1) is 17.0. The Bertz CT molecular complexity index is 1010. The first-order valence-electron chi connectivity index (χ1n) is 9.99. The fourth-order valence-corrected chi connectivity index (χ4v) is 4.90. The van der Waals surface area contributed by atoms with E-state index in [1.807, 2.05) is 36.4 Å². The van der Waals surface area contributed by atoms with Gasteiger partial charge in [0.2, 0.25) is 0 Å². The molecule has 0 saturated heterocycles. The molecule has 28 heavy (non-hydrogen) atoms. The van der Waals surface area contributed by atoms with Gasteiger partial charge in [-0.15, -0.1) is 0 Å². The van der Waals surface area contributed by atoms with Gasteiger partial charge in [0.05, 0.1) is 0 Å². The van der Waals surface area contributed by atoms with Crippen LogP contribution in [0.25, 0.3) is 6.08 Å². The molecule has 1 N–H and O–H groups in total. The summed E-state index contributed by atoms with van der Waals surface area (Å²) in [5.74, 6) is 0.935. The molecule has 2 nitrogen and oxygen atoms in total. The van der Waals surface area contributed by atoms with Gasteiger partial charge in [0, 0.05) is 29.1 Å².